The van der Waals surface area contributed by atoms with Gasteiger partial charge in [0.15, 0.2) is 0 Å². The highest BCUT2D eigenvalue weighted by Crippen LogP contribution is 2.54. The quantitative estimate of drug-likeness (QED) is 0.629. The fourth-order valence-electron chi connectivity index (χ4n) is 3.96. The number of fused-ring (bicyclic) bond motifs is 2. The maximum atomic E-state index is 6.74. The van der Waals surface area contributed by atoms with Gasteiger partial charge in [-0.1, -0.05) is 44.5 Å². The van der Waals surface area contributed by atoms with Crippen LogP contribution in [0.3, 0.4) is 0 Å². The Morgan fingerprint density at radius 1 is 1.00 bits per heavy atom. The van der Waals surface area contributed by atoms with Crippen LogP contribution in [-0.2, 0) is 0 Å². The average Bonchev–Trinajstić information content (AvgIpc) is 3.00. The van der Waals surface area contributed by atoms with Crippen molar-refractivity contribution in [2.24, 2.45) is 17.8 Å². The Bertz CT molecular complexity index is 406. The predicted octanol–water partition coefficient (Wildman–Crippen LogP) is 5.53. The third-order valence-electron chi connectivity index (χ3n) is 5.09. The van der Waals surface area contributed by atoms with Crippen LogP contribution in [0.2, 0.25) is 0 Å². The summed E-state index contributed by atoms with van der Waals surface area (Å²) in [4.78, 5) is 0. The van der Waals surface area contributed by atoms with Crippen molar-refractivity contribution < 1.29 is 0 Å². The lowest BCUT2D eigenvalue weighted by Crippen LogP contribution is -2.15. The number of alkyl halides is 1. The van der Waals surface area contributed by atoms with Crippen LogP contribution in [0, 0.1) is 17.8 Å². The summed E-state index contributed by atoms with van der Waals surface area (Å²) in [6.45, 7) is 4.48. The van der Waals surface area contributed by atoms with Crippen molar-refractivity contribution in [3.05, 3.63) is 35.4 Å². The first-order chi connectivity index (χ1) is 8.65. The molecular formula is C17H23Cl. The van der Waals surface area contributed by atoms with Crippen LogP contribution < -0.4 is 0 Å². The molecule has 1 heteroatoms. The van der Waals surface area contributed by atoms with E-state index in [-0.39, 0.29) is 5.38 Å². The highest BCUT2D eigenvalue weighted by molar-refractivity contribution is 6.21. The van der Waals surface area contributed by atoms with Crippen molar-refractivity contribution in [2.75, 3.05) is 0 Å². The second kappa shape index (κ2) is 4.89. The molecule has 2 saturated carbocycles. The molecule has 0 nitrogen and oxygen atoms in total. The van der Waals surface area contributed by atoms with Gasteiger partial charge in [-0.2, -0.15) is 0 Å². The van der Waals surface area contributed by atoms with Crippen LogP contribution in [0.1, 0.15) is 62.0 Å². The first-order valence-electron chi connectivity index (χ1n) is 7.39. The zero-order valence-corrected chi connectivity index (χ0v) is 12.2. The zero-order chi connectivity index (χ0) is 12.7. The van der Waals surface area contributed by atoms with Gasteiger partial charge < -0.3 is 0 Å². The maximum absolute atomic E-state index is 6.74. The molecule has 2 fully saturated rings. The molecule has 3 rings (SSSR count). The van der Waals surface area contributed by atoms with Gasteiger partial charge in [-0.25, -0.2) is 0 Å². The van der Waals surface area contributed by atoms with E-state index in [1.807, 2.05) is 0 Å². The number of benzene rings is 1. The minimum absolute atomic E-state index is 0.238. The van der Waals surface area contributed by atoms with Crippen LogP contribution >= 0.6 is 11.6 Å². The summed E-state index contributed by atoms with van der Waals surface area (Å²) < 4.78 is 0. The third-order valence-corrected chi connectivity index (χ3v) is 5.67. The van der Waals surface area contributed by atoms with E-state index in [4.69, 9.17) is 11.6 Å². The van der Waals surface area contributed by atoms with Crippen molar-refractivity contribution >= 4 is 11.6 Å². The maximum Gasteiger partial charge on any atom is 0.0616 e. The molecule has 0 radical (unpaired) electrons. The van der Waals surface area contributed by atoms with E-state index in [1.54, 1.807) is 0 Å². The monoisotopic (exact) mass is 262 g/mol. The Balaban J connectivity index is 1.74. The second-order valence-corrected chi connectivity index (χ2v) is 7.03. The smallest absolute Gasteiger partial charge is 0.0616 e. The fraction of sp³-hybridized carbons (Fsp3) is 0.647. The van der Waals surface area contributed by atoms with Gasteiger partial charge in [0.25, 0.3) is 0 Å². The van der Waals surface area contributed by atoms with Crippen molar-refractivity contribution in [3.63, 3.8) is 0 Å². The summed E-state index contributed by atoms with van der Waals surface area (Å²) >= 11 is 6.74. The summed E-state index contributed by atoms with van der Waals surface area (Å²) in [6.07, 6.45) is 5.68. The molecule has 1 aromatic carbocycles. The molecule has 98 valence electrons. The topological polar surface area (TPSA) is 0 Å². The second-order valence-electron chi connectivity index (χ2n) is 6.56. The highest BCUT2D eigenvalue weighted by atomic mass is 35.5. The molecule has 0 aliphatic heterocycles. The molecular weight excluding hydrogens is 240 g/mol. The molecule has 2 aliphatic carbocycles. The molecule has 0 aromatic heterocycles. The molecule has 0 amide bonds. The minimum atomic E-state index is 0.238. The van der Waals surface area contributed by atoms with Crippen molar-refractivity contribution in [1.29, 1.82) is 0 Å². The summed E-state index contributed by atoms with van der Waals surface area (Å²) in [5, 5.41) is 0.238. The van der Waals surface area contributed by atoms with E-state index in [0.717, 1.165) is 17.8 Å². The van der Waals surface area contributed by atoms with E-state index in [0.29, 0.717) is 5.92 Å². The standard InChI is InChI=1S/C17H23Cl/c1-11(2)13-5-7-14(8-6-13)17(18)16-10-12-3-4-15(16)9-12/h5-8,11-12,15-17H,3-4,9-10H2,1-2H3. The number of hydrogen-bond acceptors (Lipinski definition) is 0. The lowest BCUT2D eigenvalue weighted by atomic mass is 9.83. The molecule has 2 bridgehead atoms. The van der Waals surface area contributed by atoms with Gasteiger partial charge in [0.2, 0.25) is 0 Å². The van der Waals surface area contributed by atoms with Crippen LogP contribution in [0.5, 0.6) is 0 Å². The SMILES string of the molecule is CC(C)c1ccc(C(Cl)C2CC3CCC2C3)cc1. The van der Waals surface area contributed by atoms with Crippen LogP contribution in [-0.4, -0.2) is 0 Å². The van der Waals surface area contributed by atoms with Crippen LogP contribution in [0.25, 0.3) is 0 Å². The number of halogens is 1. The molecule has 2 aliphatic rings. The van der Waals surface area contributed by atoms with Gasteiger partial charge in [0.05, 0.1) is 5.38 Å². The van der Waals surface area contributed by atoms with E-state index in [1.165, 1.54) is 36.8 Å². The van der Waals surface area contributed by atoms with E-state index >= 15 is 0 Å². The van der Waals surface area contributed by atoms with Crippen LogP contribution in [0.15, 0.2) is 24.3 Å². The normalized spacial score (nSPS) is 32.1. The molecule has 1 aromatic rings. The van der Waals surface area contributed by atoms with E-state index in [2.05, 4.69) is 38.1 Å². The molecule has 0 spiro atoms. The third kappa shape index (κ3) is 2.20. The molecule has 4 atom stereocenters. The number of rotatable bonds is 3. The van der Waals surface area contributed by atoms with Crippen molar-refractivity contribution in [1.82, 2.24) is 0 Å². The summed E-state index contributed by atoms with van der Waals surface area (Å²) in [7, 11) is 0. The Morgan fingerprint density at radius 2 is 1.67 bits per heavy atom. The molecule has 0 heterocycles. The zero-order valence-electron chi connectivity index (χ0n) is 11.4. The first-order valence-corrected chi connectivity index (χ1v) is 7.82. The minimum Gasteiger partial charge on any atom is -0.118 e. The van der Waals surface area contributed by atoms with Gasteiger partial charge in [0.1, 0.15) is 0 Å². The fourth-order valence-corrected chi connectivity index (χ4v) is 4.42. The Kier molecular flexibility index (Phi) is 3.40. The predicted molar refractivity (Wildman–Crippen MR) is 78.1 cm³/mol. The van der Waals surface area contributed by atoms with Crippen LogP contribution in [0.4, 0.5) is 0 Å². The molecule has 18 heavy (non-hydrogen) atoms. The first kappa shape index (κ1) is 12.5. The highest BCUT2D eigenvalue weighted by Gasteiger charge is 2.42. The lowest BCUT2D eigenvalue weighted by molar-refractivity contribution is 0.323. The van der Waals surface area contributed by atoms with E-state index < -0.39 is 0 Å². The lowest BCUT2D eigenvalue weighted by Gasteiger charge is -2.26. The van der Waals surface area contributed by atoms with E-state index in [9.17, 15) is 0 Å². The summed E-state index contributed by atoms with van der Waals surface area (Å²) in [6, 6.07) is 9.00. The average molecular weight is 263 g/mol. The Labute approximate surface area is 116 Å². The Morgan fingerprint density at radius 3 is 2.17 bits per heavy atom. The summed E-state index contributed by atoms with van der Waals surface area (Å²) in [5.41, 5.74) is 2.74. The number of hydrogen-bond donors (Lipinski definition) is 0. The van der Waals surface area contributed by atoms with Gasteiger partial charge in [-0.05, 0) is 54.1 Å². The molecule has 0 saturated heterocycles. The summed E-state index contributed by atoms with van der Waals surface area (Å²) in [5.74, 6) is 3.23. The molecule has 4 unspecified atom stereocenters. The van der Waals surface area contributed by atoms with Crippen molar-refractivity contribution in [2.45, 2.75) is 50.8 Å². The van der Waals surface area contributed by atoms with Crippen molar-refractivity contribution in [3.8, 4) is 0 Å². The van der Waals surface area contributed by atoms with Gasteiger partial charge in [-0.15, -0.1) is 11.6 Å². The Hall–Kier alpha value is -0.490. The molecule has 0 N–H and O–H groups in total. The van der Waals surface area contributed by atoms with Gasteiger partial charge >= 0.3 is 0 Å². The largest absolute Gasteiger partial charge is 0.118 e. The van der Waals surface area contributed by atoms with Gasteiger partial charge in [0, 0.05) is 0 Å². The van der Waals surface area contributed by atoms with Gasteiger partial charge in [-0.3, -0.25) is 0 Å².